The Kier molecular flexibility index (Phi) is 6.02. The highest BCUT2D eigenvalue weighted by atomic mass is 35.5. The maximum atomic E-state index is 12.7. The van der Waals surface area contributed by atoms with Crippen molar-refractivity contribution in [2.75, 3.05) is 11.8 Å². The molecule has 0 unspecified atom stereocenters. The third-order valence-electron chi connectivity index (χ3n) is 4.09. The SMILES string of the molecule is CN(Cc1ccc(Cl)cc1)C(=O)c1cccc(NS(=O)(=O)c2ccccc2)c1. The van der Waals surface area contributed by atoms with E-state index in [0.717, 1.165) is 5.56 Å². The molecule has 0 aliphatic heterocycles. The number of carbonyl (C=O) groups is 1. The quantitative estimate of drug-likeness (QED) is 0.649. The first-order valence-electron chi connectivity index (χ1n) is 8.53. The molecular weight excluding hydrogens is 396 g/mol. The molecule has 0 heterocycles. The summed E-state index contributed by atoms with van der Waals surface area (Å²) in [6, 6.07) is 21.8. The Morgan fingerprint density at radius 2 is 1.64 bits per heavy atom. The van der Waals surface area contributed by atoms with Crippen LogP contribution in [-0.4, -0.2) is 26.3 Å². The standard InChI is InChI=1S/C21H19ClN2O3S/c1-24(15-16-10-12-18(22)13-11-16)21(25)17-6-5-7-19(14-17)23-28(26,27)20-8-3-2-4-9-20/h2-14,23H,15H2,1H3. The van der Waals surface area contributed by atoms with E-state index in [1.807, 2.05) is 12.1 Å². The van der Waals surface area contributed by atoms with Crippen LogP contribution in [0.25, 0.3) is 0 Å². The third-order valence-corrected chi connectivity index (χ3v) is 5.74. The van der Waals surface area contributed by atoms with Gasteiger partial charge in [0.25, 0.3) is 15.9 Å². The lowest BCUT2D eigenvalue weighted by Gasteiger charge is -2.18. The predicted octanol–water partition coefficient (Wildman–Crippen LogP) is 4.41. The van der Waals surface area contributed by atoms with Gasteiger partial charge in [-0.2, -0.15) is 0 Å². The molecule has 0 aromatic heterocycles. The second kappa shape index (κ2) is 8.46. The van der Waals surface area contributed by atoms with Crippen molar-refractivity contribution in [2.24, 2.45) is 0 Å². The number of hydrogen-bond donors (Lipinski definition) is 1. The Labute approximate surface area is 169 Å². The van der Waals surface area contributed by atoms with E-state index >= 15 is 0 Å². The fourth-order valence-electron chi connectivity index (χ4n) is 2.69. The van der Waals surface area contributed by atoms with E-state index in [2.05, 4.69) is 4.72 Å². The Balaban J connectivity index is 1.75. The van der Waals surface area contributed by atoms with Crippen LogP contribution in [0.2, 0.25) is 5.02 Å². The highest BCUT2D eigenvalue weighted by molar-refractivity contribution is 7.92. The van der Waals surface area contributed by atoms with Gasteiger partial charge >= 0.3 is 0 Å². The molecule has 0 saturated heterocycles. The van der Waals surface area contributed by atoms with Gasteiger partial charge in [0.15, 0.2) is 0 Å². The molecule has 7 heteroatoms. The van der Waals surface area contributed by atoms with Crippen molar-refractivity contribution in [2.45, 2.75) is 11.4 Å². The summed E-state index contributed by atoms with van der Waals surface area (Å²) in [5.41, 5.74) is 1.67. The number of sulfonamides is 1. The monoisotopic (exact) mass is 414 g/mol. The highest BCUT2D eigenvalue weighted by Gasteiger charge is 2.16. The number of benzene rings is 3. The van der Waals surface area contributed by atoms with Crippen LogP contribution in [0.3, 0.4) is 0 Å². The number of amides is 1. The molecule has 5 nitrogen and oxygen atoms in total. The molecule has 1 amide bonds. The molecule has 0 fully saturated rings. The number of rotatable bonds is 6. The van der Waals surface area contributed by atoms with Gasteiger partial charge < -0.3 is 4.90 Å². The van der Waals surface area contributed by atoms with Crippen molar-refractivity contribution in [3.8, 4) is 0 Å². The van der Waals surface area contributed by atoms with E-state index in [1.54, 1.807) is 60.5 Å². The van der Waals surface area contributed by atoms with Gasteiger partial charge in [-0.25, -0.2) is 8.42 Å². The van der Waals surface area contributed by atoms with E-state index in [0.29, 0.717) is 22.8 Å². The van der Waals surface area contributed by atoms with Gasteiger partial charge in [-0.1, -0.05) is 48.0 Å². The van der Waals surface area contributed by atoms with E-state index in [-0.39, 0.29) is 10.8 Å². The van der Waals surface area contributed by atoms with Crippen LogP contribution in [0, 0.1) is 0 Å². The molecule has 144 valence electrons. The molecule has 28 heavy (non-hydrogen) atoms. The molecule has 0 aliphatic rings. The smallest absolute Gasteiger partial charge is 0.261 e. The number of hydrogen-bond acceptors (Lipinski definition) is 3. The van der Waals surface area contributed by atoms with Crippen LogP contribution in [0.1, 0.15) is 15.9 Å². The van der Waals surface area contributed by atoms with Crippen molar-refractivity contribution >= 4 is 33.2 Å². The molecular formula is C21H19ClN2O3S. The zero-order valence-corrected chi connectivity index (χ0v) is 16.7. The third kappa shape index (κ3) is 4.91. The molecule has 0 aliphatic carbocycles. The summed E-state index contributed by atoms with van der Waals surface area (Å²) in [6.45, 7) is 0.413. The Morgan fingerprint density at radius 1 is 0.964 bits per heavy atom. The van der Waals surface area contributed by atoms with Gasteiger partial charge in [0.2, 0.25) is 0 Å². The van der Waals surface area contributed by atoms with Crippen LogP contribution in [0.4, 0.5) is 5.69 Å². The molecule has 0 radical (unpaired) electrons. The number of nitrogens with one attached hydrogen (secondary N) is 1. The molecule has 3 rings (SSSR count). The lowest BCUT2D eigenvalue weighted by atomic mass is 10.1. The van der Waals surface area contributed by atoms with Crippen molar-refractivity contribution in [3.63, 3.8) is 0 Å². The minimum atomic E-state index is -3.72. The normalized spacial score (nSPS) is 11.1. The van der Waals surface area contributed by atoms with Gasteiger partial charge in [0, 0.05) is 29.9 Å². The Morgan fingerprint density at radius 3 is 2.32 bits per heavy atom. The molecule has 1 N–H and O–H groups in total. The van der Waals surface area contributed by atoms with Gasteiger partial charge in [0.1, 0.15) is 0 Å². The summed E-state index contributed by atoms with van der Waals surface area (Å²) in [5, 5.41) is 0.635. The molecule has 3 aromatic rings. The van der Waals surface area contributed by atoms with Crippen LogP contribution in [0.15, 0.2) is 83.8 Å². The van der Waals surface area contributed by atoms with Crippen LogP contribution in [0.5, 0.6) is 0 Å². The fourth-order valence-corrected chi connectivity index (χ4v) is 3.88. The minimum Gasteiger partial charge on any atom is -0.337 e. The highest BCUT2D eigenvalue weighted by Crippen LogP contribution is 2.19. The number of nitrogens with zero attached hydrogens (tertiary/aromatic N) is 1. The number of halogens is 1. The van der Waals surface area contributed by atoms with E-state index in [4.69, 9.17) is 11.6 Å². The predicted molar refractivity (Wildman–Crippen MR) is 111 cm³/mol. The average molecular weight is 415 g/mol. The molecule has 0 spiro atoms. The number of anilines is 1. The Hall–Kier alpha value is -2.83. The fraction of sp³-hybridized carbons (Fsp3) is 0.0952. The summed E-state index contributed by atoms with van der Waals surface area (Å²) in [7, 11) is -2.02. The molecule has 0 atom stereocenters. The lowest BCUT2D eigenvalue weighted by molar-refractivity contribution is 0.0785. The lowest BCUT2D eigenvalue weighted by Crippen LogP contribution is -2.26. The number of carbonyl (C=O) groups excluding carboxylic acids is 1. The topological polar surface area (TPSA) is 66.5 Å². The molecule has 0 bridgehead atoms. The molecule has 0 saturated carbocycles. The van der Waals surface area contributed by atoms with Crippen LogP contribution < -0.4 is 4.72 Å². The summed E-state index contributed by atoms with van der Waals surface area (Å²) in [4.78, 5) is 14.4. The zero-order valence-electron chi connectivity index (χ0n) is 15.2. The van der Waals surface area contributed by atoms with Crippen molar-refractivity contribution in [3.05, 3.63) is 95.0 Å². The van der Waals surface area contributed by atoms with Crippen molar-refractivity contribution in [1.82, 2.24) is 4.90 Å². The van der Waals surface area contributed by atoms with Crippen molar-refractivity contribution < 1.29 is 13.2 Å². The second-order valence-electron chi connectivity index (χ2n) is 6.29. The largest absolute Gasteiger partial charge is 0.337 e. The maximum absolute atomic E-state index is 12.7. The van der Waals surface area contributed by atoms with Crippen molar-refractivity contribution in [1.29, 1.82) is 0 Å². The van der Waals surface area contributed by atoms with Gasteiger partial charge in [0.05, 0.1) is 4.90 Å². The van der Waals surface area contributed by atoms with E-state index in [9.17, 15) is 13.2 Å². The van der Waals surface area contributed by atoms with Gasteiger partial charge in [-0.05, 0) is 48.0 Å². The second-order valence-corrected chi connectivity index (χ2v) is 8.41. The summed E-state index contributed by atoms with van der Waals surface area (Å²) in [5.74, 6) is -0.212. The summed E-state index contributed by atoms with van der Waals surface area (Å²) >= 11 is 5.88. The molecule has 3 aromatic carbocycles. The summed E-state index contributed by atoms with van der Waals surface area (Å²) < 4.78 is 27.4. The first-order chi connectivity index (χ1) is 13.3. The first kappa shape index (κ1) is 19.9. The van der Waals surface area contributed by atoms with Crippen LogP contribution >= 0.6 is 11.6 Å². The van der Waals surface area contributed by atoms with Gasteiger partial charge in [-0.3, -0.25) is 9.52 Å². The summed E-state index contributed by atoms with van der Waals surface area (Å²) in [6.07, 6.45) is 0. The van der Waals surface area contributed by atoms with E-state index < -0.39 is 10.0 Å². The average Bonchev–Trinajstić information content (AvgIpc) is 2.69. The first-order valence-corrected chi connectivity index (χ1v) is 10.4. The van der Waals surface area contributed by atoms with Gasteiger partial charge in [-0.15, -0.1) is 0 Å². The maximum Gasteiger partial charge on any atom is 0.261 e. The Bertz CT molecular complexity index is 1070. The minimum absolute atomic E-state index is 0.159. The van der Waals surface area contributed by atoms with E-state index in [1.165, 1.54) is 18.2 Å². The van der Waals surface area contributed by atoms with Crippen LogP contribution in [-0.2, 0) is 16.6 Å². The zero-order chi connectivity index (χ0) is 20.1.